The van der Waals surface area contributed by atoms with Crippen LogP contribution in [0, 0.1) is 0 Å². The highest BCUT2D eigenvalue weighted by atomic mass is 35.5. The normalized spacial score (nSPS) is 20.5. The van der Waals surface area contributed by atoms with Crippen LogP contribution in [0.1, 0.15) is 5.56 Å². The van der Waals surface area contributed by atoms with Gasteiger partial charge in [-0.2, -0.15) is 0 Å². The van der Waals surface area contributed by atoms with Gasteiger partial charge in [-0.15, -0.1) is 0 Å². The van der Waals surface area contributed by atoms with Crippen molar-refractivity contribution in [2.24, 2.45) is 0 Å². The smallest absolute Gasteiger partial charge is 0.179 e. The molecule has 1 saturated heterocycles. The van der Waals surface area contributed by atoms with Crippen LogP contribution in [-0.4, -0.2) is 46.9 Å². The second kappa shape index (κ2) is 5.69. The van der Waals surface area contributed by atoms with Gasteiger partial charge in [-0.25, -0.2) is 0 Å². The second-order valence-corrected chi connectivity index (χ2v) is 6.83. The summed E-state index contributed by atoms with van der Waals surface area (Å²) < 4.78 is 22.4. The van der Waals surface area contributed by atoms with Crippen molar-refractivity contribution in [3.63, 3.8) is 0 Å². The van der Waals surface area contributed by atoms with Crippen LogP contribution in [-0.2, 0) is 17.3 Å². The Hall–Kier alpha value is -0.780. The zero-order valence-corrected chi connectivity index (χ0v) is 12.1. The Morgan fingerprint density at radius 2 is 1.95 bits per heavy atom. The molecule has 0 spiro atoms. The molecule has 6 heteroatoms. The van der Waals surface area contributed by atoms with E-state index in [9.17, 15) is 4.21 Å². The molecule has 1 aromatic rings. The van der Waals surface area contributed by atoms with Gasteiger partial charge in [0.05, 0.1) is 5.02 Å². The minimum atomic E-state index is -0.638. The molecule has 0 N–H and O–H groups in total. The molecular weight excluding hydrogens is 286 g/mol. The van der Waals surface area contributed by atoms with Gasteiger partial charge in [0, 0.05) is 41.9 Å². The largest absolute Gasteiger partial charge is 0.486 e. The van der Waals surface area contributed by atoms with Gasteiger partial charge in [0.2, 0.25) is 0 Å². The van der Waals surface area contributed by atoms with E-state index in [-0.39, 0.29) is 0 Å². The van der Waals surface area contributed by atoms with E-state index in [1.807, 2.05) is 12.1 Å². The van der Waals surface area contributed by atoms with E-state index in [2.05, 4.69) is 4.90 Å². The maximum atomic E-state index is 11.3. The molecule has 4 nitrogen and oxygen atoms in total. The fourth-order valence-corrected chi connectivity index (χ4v) is 3.76. The Morgan fingerprint density at radius 1 is 1.21 bits per heavy atom. The molecule has 0 amide bonds. The number of fused-ring (bicyclic) bond motifs is 1. The first-order valence-electron chi connectivity index (χ1n) is 6.38. The third-order valence-corrected chi connectivity index (χ3v) is 4.89. The highest BCUT2D eigenvalue weighted by Crippen LogP contribution is 2.38. The third kappa shape index (κ3) is 3.04. The molecule has 0 aliphatic carbocycles. The fourth-order valence-electron chi connectivity index (χ4n) is 2.35. The third-order valence-electron chi connectivity index (χ3n) is 3.33. The van der Waals surface area contributed by atoms with Crippen molar-refractivity contribution in [2.75, 3.05) is 37.8 Å². The van der Waals surface area contributed by atoms with Crippen LogP contribution in [0.4, 0.5) is 0 Å². The maximum absolute atomic E-state index is 11.3. The molecule has 104 valence electrons. The van der Waals surface area contributed by atoms with E-state index in [0.717, 1.165) is 42.5 Å². The summed E-state index contributed by atoms with van der Waals surface area (Å²) in [6.45, 7) is 3.67. The van der Waals surface area contributed by atoms with Crippen molar-refractivity contribution in [1.82, 2.24) is 4.90 Å². The summed E-state index contributed by atoms with van der Waals surface area (Å²) in [5, 5.41) is 0.604. The zero-order valence-electron chi connectivity index (χ0n) is 10.6. The number of rotatable bonds is 2. The van der Waals surface area contributed by atoms with Crippen molar-refractivity contribution in [1.29, 1.82) is 0 Å². The number of benzene rings is 1. The van der Waals surface area contributed by atoms with Gasteiger partial charge in [-0.05, 0) is 17.7 Å². The maximum Gasteiger partial charge on any atom is 0.179 e. The average molecular weight is 302 g/mol. The summed E-state index contributed by atoms with van der Waals surface area (Å²) in [4.78, 5) is 2.29. The first-order valence-corrected chi connectivity index (χ1v) is 8.24. The van der Waals surface area contributed by atoms with Crippen molar-refractivity contribution in [3.8, 4) is 11.5 Å². The topological polar surface area (TPSA) is 38.8 Å². The Kier molecular flexibility index (Phi) is 3.96. The molecule has 1 fully saturated rings. The number of halogens is 1. The standard InChI is InChI=1S/C13H16ClNO3S/c14-11-7-10(8-12-13(11)18-4-3-17-12)9-15-1-5-19(16)6-2-15/h7-8H,1-6,9H2. The van der Waals surface area contributed by atoms with Crippen LogP contribution < -0.4 is 9.47 Å². The van der Waals surface area contributed by atoms with Crippen LogP contribution in [0.3, 0.4) is 0 Å². The predicted octanol–water partition coefficient (Wildman–Crippen LogP) is 1.68. The highest BCUT2D eigenvalue weighted by Gasteiger charge is 2.19. The molecule has 19 heavy (non-hydrogen) atoms. The minimum absolute atomic E-state index is 0.546. The Morgan fingerprint density at radius 3 is 2.74 bits per heavy atom. The SMILES string of the molecule is O=S1CCN(Cc2cc(Cl)c3c(c2)OCCO3)CC1. The number of ether oxygens (including phenoxy) is 2. The van der Waals surface area contributed by atoms with Gasteiger partial charge < -0.3 is 9.47 Å². The molecule has 2 aliphatic rings. The van der Waals surface area contributed by atoms with Gasteiger partial charge >= 0.3 is 0 Å². The molecule has 0 aromatic heterocycles. The summed E-state index contributed by atoms with van der Waals surface area (Å²) in [6, 6.07) is 3.92. The molecule has 0 atom stereocenters. The minimum Gasteiger partial charge on any atom is -0.486 e. The van der Waals surface area contributed by atoms with Gasteiger partial charge in [-0.3, -0.25) is 9.11 Å². The predicted molar refractivity (Wildman–Crippen MR) is 75.6 cm³/mol. The lowest BCUT2D eigenvalue weighted by molar-refractivity contribution is 0.171. The van der Waals surface area contributed by atoms with Gasteiger partial charge in [-0.1, -0.05) is 11.6 Å². The van der Waals surface area contributed by atoms with E-state index in [4.69, 9.17) is 21.1 Å². The zero-order chi connectivity index (χ0) is 13.2. The van der Waals surface area contributed by atoms with E-state index < -0.39 is 10.8 Å². The molecule has 0 saturated carbocycles. The van der Waals surface area contributed by atoms with Crippen molar-refractivity contribution < 1.29 is 13.7 Å². The lowest BCUT2D eigenvalue weighted by Gasteiger charge is -2.27. The van der Waals surface area contributed by atoms with Gasteiger partial charge in [0.1, 0.15) is 13.2 Å². The first kappa shape index (κ1) is 13.2. The summed E-state index contributed by atoms with van der Waals surface area (Å²) in [5.74, 6) is 2.90. The summed E-state index contributed by atoms with van der Waals surface area (Å²) in [7, 11) is -0.638. The van der Waals surface area contributed by atoms with E-state index >= 15 is 0 Å². The molecule has 1 aromatic carbocycles. The quantitative estimate of drug-likeness (QED) is 0.833. The number of hydrogen-bond acceptors (Lipinski definition) is 4. The molecule has 0 radical (unpaired) electrons. The molecular formula is C13H16ClNO3S. The summed E-state index contributed by atoms with van der Waals surface area (Å²) in [5.41, 5.74) is 1.11. The van der Waals surface area contributed by atoms with Crippen LogP contribution in [0.25, 0.3) is 0 Å². The van der Waals surface area contributed by atoms with Crippen molar-refractivity contribution in [2.45, 2.75) is 6.54 Å². The molecule has 0 bridgehead atoms. The second-order valence-electron chi connectivity index (χ2n) is 4.73. The lowest BCUT2D eigenvalue weighted by Crippen LogP contribution is -2.37. The average Bonchev–Trinajstić information content (AvgIpc) is 2.42. The summed E-state index contributed by atoms with van der Waals surface area (Å²) in [6.07, 6.45) is 0. The first-order chi connectivity index (χ1) is 9.22. The van der Waals surface area contributed by atoms with Crippen LogP contribution >= 0.6 is 11.6 Å². The fraction of sp³-hybridized carbons (Fsp3) is 0.538. The van der Waals surface area contributed by atoms with E-state index in [1.54, 1.807) is 0 Å². The Balaban J connectivity index is 1.74. The van der Waals surface area contributed by atoms with E-state index in [0.29, 0.717) is 24.0 Å². The molecule has 2 aliphatic heterocycles. The van der Waals surface area contributed by atoms with Crippen molar-refractivity contribution in [3.05, 3.63) is 22.7 Å². The molecule has 3 rings (SSSR count). The van der Waals surface area contributed by atoms with Crippen LogP contribution in [0.15, 0.2) is 12.1 Å². The van der Waals surface area contributed by atoms with Gasteiger partial charge in [0.25, 0.3) is 0 Å². The number of nitrogens with zero attached hydrogens (tertiary/aromatic N) is 1. The van der Waals surface area contributed by atoms with Crippen LogP contribution in [0.2, 0.25) is 5.02 Å². The van der Waals surface area contributed by atoms with Crippen molar-refractivity contribution >= 4 is 22.4 Å². The number of hydrogen-bond donors (Lipinski definition) is 0. The Bertz CT molecular complexity index is 499. The van der Waals surface area contributed by atoms with Gasteiger partial charge in [0.15, 0.2) is 11.5 Å². The highest BCUT2D eigenvalue weighted by molar-refractivity contribution is 7.85. The lowest BCUT2D eigenvalue weighted by atomic mass is 10.1. The Labute approximate surface area is 120 Å². The monoisotopic (exact) mass is 301 g/mol. The van der Waals surface area contributed by atoms with Crippen LogP contribution in [0.5, 0.6) is 11.5 Å². The molecule has 2 heterocycles. The molecule has 0 unspecified atom stereocenters. The summed E-state index contributed by atoms with van der Waals surface area (Å²) >= 11 is 6.22. The van der Waals surface area contributed by atoms with E-state index in [1.165, 1.54) is 0 Å².